The fraction of sp³-hybridized carbons (Fsp3) is 0.556. The molecule has 0 bridgehead atoms. The molecule has 0 radical (unpaired) electrons. The summed E-state index contributed by atoms with van der Waals surface area (Å²) >= 11 is 1.89. The predicted octanol–water partition coefficient (Wildman–Crippen LogP) is 3.20. The highest BCUT2D eigenvalue weighted by Crippen LogP contribution is 2.41. The summed E-state index contributed by atoms with van der Waals surface area (Å²) in [5, 5.41) is 5.00. The van der Waals surface area contributed by atoms with Crippen LogP contribution in [0.1, 0.15) is 46.7 Å². The Hall–Kier alpha value is -1.30. The normalized spacial score (nSPS) is 25.1. The number of thiazole rings is 1. The van der Waals surface area contributed by atoms with Crippen molar-refractivity contribution < 1.29 is 0 Å². The molecule has 23 heavy (non-hydrogen) atoms. The quantitative estimate of drug-likeness (QED) is 0.884. The predicted molar refractivity (Wildman–Crippen MR) is 93.5 cm³/mol. The van der Waals surface area contributed by atoms with Gasteiger partial charge in [0.05, 0.1) is 5.01 Å². The first kappa shape index (κ1) is 15.2. The summed E-state index contributed by atoms with van der Waals surface area (Å²) in [6.07, 6.45) is 9.85. The van der Waals surface area contributed by atoms with Crippen molar-refractivity contribution in [2.75, 3.05) is 20.1 Å². The molecular formula is C18H24N4S. The van der Waals surface area contributed by atoms with E-state index in [1.807, 2.05) is 29.8 Å². The van der Waals surface area contributed by atoms with Crippen molar-refractivity contribution in [2.24, 2.45) is 5.92 Å². The Labute approximate surface area is 142 Å². The maximum absolute atomic E-state index is 4.57. The van der Waals surface area contributed by atoms with Gasteiger partial charge in [0.15, 0.2) is 0 Å². The van der Waals surface area contributed by atoms with Crippen molar-refractivity contribution in [3.8, 4) is 0 Å². The van der Waals surface area contributed by atoms with E-state index in [0.29, 0.717) is 12.0 Å². The van der Waals surface area contributed by atoms with E-state index in [1.54, 1.807) is 0 Å². The molecule has 2 aromatic heterocycles. The Kier molecular flexibility index (Phi) is 4.42. The molecule has 3 heterocycles. The molecular weight excluding hydrogens is 304 g/mol. The summed E-state index contributed by atoms with van der Waals surface area (Å²) in [6.45, 7) is 3.17. The maximum atomic E-state index is 4.57. The molecule has 1 saturated heterocycles. The number of aromatic nitrogens is 2. The van der Waals surface area contributed by atoms with E-state index in [9.17, 15) is 0 Å². The SMILES string of the molecule is CN1CC[C@@H](CNCc2cnc(C3CC3)s2)[C@@H]1c1cccnc1. The molecule has 2 aromatic rings. The molecule has 1 aliphatic carbocycles. The summed E-state index contributed by atoms with van der Waals surface area (Å²) in [5.41, 5.74) is 1.34. The van der Waals surface area contributed by atoms with Crippen LogP contribution in [0.25, 0.3) is 0 Å². The molecule has 2 atom stereocenters. The molecule has 5 heteroatoms. The molecule has 2 aliphatic rings. The molecule has 4 rings (SSSR count). The van der Waals surface area contributed by atoms with Crippen LogP contribution in [-0.2, 0) is 6.54 Å². The van der Waals surface area contributed by atoms with Crippen LogP contribution in [0.15, 0.2) is 30.7 Å². The lowest BCUT2D eigenvalue weighted by Gasteiger charge is -2.25. The Morgan fingerprint density at radius 3 is 3.00 bits per heavy atom. The van der Waals surface area contributed by atoms with Gasteiger partial charge >= 0.3 is 0 Å². The van der Waals surface area contributed by atoms with Gasteiger partial charge in [0.2, 0.25) is 0 Å². The molecule has 1 aliphatic heterocycles. The van der Waals surface area contributed by atoms with Crippen LogP contribution in [-0.4, -0.2) is 35.0 Å². The number of pyridine rings is 1. The van der Waals surface area contributed by atoms with Crippen molar-refractivity contribution in [2.45, 2.75) is 37.8 Å². The lowest BCUT2D eigenvalue weighted by atomic mass is 9.95. The Bertz CT molecular complexity index is 637. The summed E-state index contributed by atoms with van der Waals surface area (Å²) < 4.78 is 0. The summed E-state index contributed by atoms with van der Waals surface area (Å²) in [5.74, 6) is 1.42. The summed E-state index contributed by atoms with van der Waals surface area (Å²) in [4.78, 5) is 12.7. The van der Waals surface area contributed by atoms with Crippen molar-refractivity contribution in [1.82, 2.24) is 20.2 Å². The lowest BCUT2D eigenvalue weighted by molar-refractivity contribution is 0.271. The van der Waals surface area contributed by atoms with Crippen LogP contribution >= 0.6 is 11.3 Å². The van der Waals surface area contributed by atoms with Gasteiger partial charge in [-0.2, -0.15) is 0 Å². The van der Waals surface area contributed by atoms with E-state index in [0.717, 1.165) is 25.6 Å². The molecule has 0 amide bonds. The second kappa shape index (κ2) is 6.67. The van der Waals surface area contributed by atoms with E-state index in [-0.39, 0.29) is 0 Å². The van der Waals surface area contributed by atoms with Crippen LogP contribution in [0.3, 0.4) is 0 Å². The van der Waals surface area contributed by atoms with Crippen LogP contribution in [0.2, 0.25) is 0 Å². The maximum Gasteiger partial charge on any atom is 0.0959 e. The van der Waals surface area contributed by atoms with Gasteiger partial charge in [-0.1, -0.05) is 6.07 Å². The minimum atomic E-state index is 0.486. The molecule has 0 spiro atoms. The van der Waals surface area contributed by atoms with Gasteiger partial charge in [-0.05, 0) is 50.4 Å². The number of likely N-dealkylation sites (tertiary alicyclic amines) is 1. The highest BCUT2D eigenvalue weighted by Gasteiger charge is 2.32. The molecule has 2 fully saturated rings. The average molecular weight is 328 g/mol. The highest BCUT2D eigenvalue weighted by atomic mass is 32.1. The second-order valence-electron chi connectivity index (χ2n) is 6.83. The van der Waals surface area contributed by atoms with E-state index < -0.39 is 0 Å². The van der Waals surface area contributed by atoms with Gasteiger partial charge in [-0.3, -0.25) is 9.88 Å². The van der Waals surface area contributed by atoms with Gasteiger partial charge in [0.25, 0.3) is 0 Å². The Morgan fingerprint density at radius 2 is 2.22 bits per heavy atom. The molecule has 122 valence electrons. The van der Waals surface area contributed by atoms with Crippen LogP contribution in [0, 0.1) is 5.92 Å². The minimum absolute atomic E-state index is 0.486. The van der Waals surface area contributed by atoms with Crippen LogP contribution < -0.4 is 5.32 Å². The molecule has 1 N–H and O–H groups in total. The monoisotopic (exact) mass is 328 g/mol. The first-order valence-corrected chi connectivity index (χ1v) is 9.38. The highest BCUT2D eigenvalue weighted by molar-refractivity contribution is 7.11. The fourth-order valence-electron chi connectivity index (χ4n) is 3.62. The number of rotatable bonds is 6. The first-order valence-electron chi connectivity index (χ1n) is 8.57. The molecule has 0 aromatic carbocycles. The van der Waals surface area contributed by atoms with Crippen LogP contribution in [0.4, 0.5) is 0 Å². The van der Waals surface area contributed by atoms with Gasteiger partial charge in [0, 0.05) is 48.5 Å². The van der Waals surface area contributed by atoms with E-state index >= 15 is 0 Å². The third kappa shape index (κ3) is 3.47. The van der Waals surface area contributed by atoms with Crippen molar-refractivity contribution in [3.05, 3.63) is 46.2 Å². The summed E-state index contributed by atoms with van der Waals surface area (Å²) in [6, 6.07) is 4.74. The largest absolute Gasteiger partial charge is 0.311 e. The van der Waals surface area contributed by atoms with E-state index in [1.165, 1.54) is 34.7 Å². The Morgan fingerprint density at radius 1 is 1.30 bits per heavy atom. The number of hydrogen-bond donors (Lipinski definition) is 1. The fourth-order valence-corrected chi connectivity index (χ4v) is 4.68. The standard InChI is InChI=1S/C18H24N4S/c1-22-8-6-15(17(22)14-3-2-7-19-9-14)10-20-11-16-12-21-18(23-16)13-4-5-13/h2-3,7,9,12-13,15,17,20H,4-6,8,10-11H2,1H3/t15-,17-/m0/s1. The third-order valence-corrected chi connectivity index (χ3v) is 6.16. The number of nitrogens with zero attached hydrogens (tertiary/aromatic N) is 3. The van der Waals surface area contributed by atoms with Crippen molar-refractivity contribution in [3.63, 3.8) is 0 Å². The summed E-state index contributed by atoms with van der Waals surface area (Å²) in [7, 11) is 2.22. The lowest BCUT2D eigenvalue weighted by Crippen LogP contribution is -2.28. The number of nitrogens with one attached hydrogen (secondary N) is 1. The Balaban J connectivity index is 1.34. The van der Waals surface area contributed by atoms with Gasteiger partial charge in [-0.25, -0.2) is 4.98 Å². The van der Waals surface area contributed by atoms with E-state index in [4.69, 9.17) is 0 Å². The zero-order valence-corrected chi connectivity index (χ0v) is 14.4. The zero-order chi connectivity index (χ0) is 15.6. The topological polar surface area (TPSA) is 41.0 Å². The smallest absolute Gasteiger partial charge is 0.0959 e. The van der Waals surface area contributed by atoms with Crippen molar-refractivity contribution in [1.29, 1.82) is 0 Å². The van der Waals surface area contributed by atoms with Crippen molar-refractivity contribution >= 4 is 11.3 Å². The van der Waals surface area contributed by atoms with Gasteiger partial charge in [0.1, 0.15) is 0 Å². The molecule has 1 saturated carbocycles. The zero-order valence-electron chi connectivity index (χ0n) is 13.6. The third-order valence-electron chi connectivity index (χ3n) is 5.00. The molecule has 0 unspecified atom stereocenters. The minimum Gasteiger partial charge on any atom is -0.311 e. The van der Waals surface area contributed by atoms with Gasteiger partial charge in [-0.15, -0.1) is 11.3 Å². The molecule has 4 nitrogen and oxygen atoms in total. The van der Waals surface area contributed by atoms with Crippen LogP contribution in [0.5, 0.6) is 0 Å². The number of hydrogen-bond acceptors (Lipinski definition) is 5. The van der Waals surface area contributed by atoms with E-state index in [2.05, 4.69) is 39.5 Å². The van der Waals surface area contributed by atoms with Gasteiger partial charge < -0.3 is 5.32 Å². The first-order chi connectivity index (χ1) is 11.3. The average Bonchev–Trinajstić information content (AvgIpc) is 3.21. The second-order valence-corrected chi connectivity index (χ2v) is 7.98.